The zero-order chi connectivity index (χ0) is 13.8. The van der Waals surface area contributed by atoms with Gasteiger partial charge >= 0.3 is 0 Å². The molecule has 0 amide bonds. The van der Waals surface area contributed by atoms with E-state index in [4.69, 9.17) is 23.8 Å². The summed E-state index contributed by atoms with van der Waals surface area (Å²) < 4.78 is 13.1. The van der Waals surface area contributed by atoms with Crippen LogP contribution in [0.5, 0.6) is 0 Å². The molecule has 1 aliphatic heterocycles. The van der Waals surface area contributed by atoms with Crippen LogP contribution in [0.15, 0.2) is 18.2 Å². The zero-order valence-electron chi connectivity index (χ0n) is 10.8. The molecule has 6 heteroatoms. The van der Waals surface area contributed by atoms with Crippen LogP contribution in [0.25, 0.3) is 0 Å². The van der Waals surface area contributed by atoms with Crippen LogP contribution in [-0.2, 0) is 0 Å². The molecule has 1 N–H and O–H groups in total. The maximum absolute atomic E-state index is 13.1. The predicted molar refractivity (Wildman–Crippen MR) is 81.3 cm³/mol. The molecule has 1 aliphatic rings. The smallest absolute Gasteiger partial charge is 0.173 e. The minimum Gasteiger partial charge on any atom is -0.348 e. The number of hydrogen-bond donors (Lipinski definition) is 1. The number of nitrogens with zero attached hydrogens (tertiary/aromatic N) is 2. The summed E-state index contributed by atoms with van der Waals surface area (Å²) in [6.45, 7) is 3.91. The Hall–Kier alpha value is -0.910. The normalized spacial score (nSPS) is 17.1. The molecule has 0 unspecified atom stereocenters. The van der Waals surface area contributed by atoms with Gasteiger partial charge in [-0.2, -0.15) is 0 Å². The molecular formula is C13H17ClFN3S. The average molecular weight is 302 g/mol. The van der Waals surface area contributed by atoms with Gasteiger partial charge in [0.25, 0.3) is 0 Å². The van der Waals surface area contributed by atoms with E-state index in [1.54, 1.807) is 12.1 Å². The number of benzene rings is 1. The van der Waals surface area contributed by atoms with Crippen LogP contribution in [0.2, 0.25) is 5.02 Å². The lowest BCUT2D eigenvalue weighted by atomic mass is 10.3. The number of thiocarbonyl (C=S) groups is 1. The van der Waals surface area contributed by atoms with Crippen molar-refractivity contribution >= 4 is 34.6 Å². The Bertz CT molecular complexity index is 469. The monoisotopic (exact) mass is 301 g/mol. The van der Waals surface area contributed by atoms with E-state index in [0.717, 1.165) is 32.6 Å². The lowest BCUT2D eigenvalue weighted by molar-refractivity contribution is 0.347. The molecular weight excluding hydrogens is 285 g/mol. The lowest BCUT2D eigenvalue weighted by Gasteiger charge is -2.24. The first-order valence-electron chi connectivity index (χ1n) is 6.26. The highest BCUT2D eigenvalue weighted by Gasteiger charge is 2.14. The minimum absolute atomic E-state index is 0.100. The SMILES string of the molecule is CN1CCCN(C(=S)Nc2ccc(F)c(Cl)c2)CC1. The summed E-state index contributed by atoms with van der Waals surface area (Å²) in [5.41, 5.74) is 0.717. The standard InChI is InChI=1S/C13H17ClFN3S/c1-17-5-2-6-18(8-7-17)13(19)16-10-3-4-12(15)11(14)9-10/h3-4,9H,2,5-8H2,1H3,(H,16,19). The first-order valence-corrected chi connectivity index (χ1v) is 7.04. The van der Waals surface area contributed by atoms with E-state index in [1.807, 2.05) is 0 Å². The van der Waals surface area contributed by atoms with Crippen molar-refractivity contribution in [2.75, 3.05) is 38.5 Å². The van der Waals surface area contributed by atoms with Crippen molar-refractivity contribution < 1.29 is 4.39 Å². The molecule has 1 heterocycles. The van der Waals surface area contributed by atoms with Crippen LogP contribution in [0.3, 0.4) is 0 Å². The molecule has 0 aliphatic carbocycles. The third-order valence-corrected chi connectivity index (χ3v) is 3.83. The first kappa shape index (κ1) is 14.5. The van der Waals surface area contributed by atoms with Crippen molar-refractivity contribution in [3.63, 3.8) is 0 Å². The Kier molecular flexibility index (Phi) is 4.96. The Labute approximate surface area is 123 Å². The molecule has 2 rings (SSSR count). The summed E-state index contributed by atoms with van der Waals surface area (Å²) in [5, 5.41) is 3.88. The van der Waals surface area contributed by atoms with Crippen LogP contribution in [0.4, 0.5) is 10.1 Å². The molecule has 1 saturated heterocycles. The van der Waals surface area contributed by atoms with Crippen LogP contribution in [0, 0.1) is 5.82 Å². The predicted octanol–water partition coefficient (Wildman–Crippen LogP) is 2.81. The highest BCUT2D eigenvalue weighted by molar-refractivity contribution is 7.80. The third-order valence-electron chi connectivity index (χ3n) is 3.18. The van der Waals surface area contributed by atoms with Crippen LogP contribution < -0.4 is 5.32 Å². The second kappa shape index (κ2) is 6.50. The van der Waals surface area contributed by atoms with E-state index < -0.39 is 5.82 Å². The van der Waals surface area contributed by atoms with Gasteiger partial charge in [-0.25, -0.2) is 4.39 Å². The van der Waals surface area contributed by atoms with Gasteiger partial charge in [-0.15, -0.1) is 0 Å². The number of rotatable bonds is 1. The molecule has 19 heavy (non-hydrogen) atoms. The second-order valence-electron chi connectivity index (χ2n) is 4.70. The number of halogens is 2. The largest absolute Gasteiger partial charge is 0.348 e. The van der Waals surface area contributed by atoms with Crippen molar-refractivity contribution in [3.05, 3.63) is 29.0 Å². The van der Waals surface area contributed by atoms with E-state index in [2.05, 4.69) is 22.2 Å². The van der Waals surface area contributed by atoms with Crippen molar-refractivity contribution in [3.8, 4) is 0 Å². The summed E-state index contributed by atoms with van der Waals surface area (Å²) in [7, 11) is 2.11. The van der Waals surface area contributed by atoms with E-state index in [0.29, 0.717) is 10.8 Å². The Morgan fingerprint density at radius 3 is 2.84 bits per heavy atom. The maximum atomic E-state index is 13.1. The van der Waals surface area contributed by atoms with Crippen molar-refractivity contribution in [2.45, 2.75) is 6.42 Å². The maximum Gasteiger partial charge on any atom is 0.173 e. The van der Waals surface area contributed by atoms with E-state index in [1.165, 1.54) is 6.07 Å². The highest BCUT2D eigenvalue weighted by Crippen LogP contribution is 2.19. The lowest BCUT2D eigenvalue weighted by Crippen LogP contribution is -2.37. The van der Waals surface area contributed by atoms with Crippen molar-refractivity contribution in [2.24, 2.45) is 0 Å². The van der Waals surface area contributed by atoms with Gasteiger partial charge in [0, 0.05) is 25.3 Å². The number of nitrogens with one attached hydrogen (secondary N) is 1. The molecule has 3 nitrogen and oxygen atoms in total. The molecule has 0 atom stereocenters. The minimum atomic E-state index is -0.422. The van der Waals surface area contributed by atoms with Gasteiger partial charge in [-0.3, -0.25) is 0 Å². The quantitative estimate of drug-likeness (QED) is 0.804. The second-order valence-corrected chi connectivity index (χ2v) is 5.50. The summed E-state index contributed by atoms with van der Waals surface area (Å²) >= 11 is 11.1. The Balaban J connectivity index is 1.98. The van der Waals surface area contributed by atoms with Gasteiger partial charge in [0.2, 0.25) is 0 Å². The zero-order valence-corrected chi connectivity index (χ0v) is 12.4. The molecule has 1 fully saturated rings. The molecule has 0 radical (unpaired) electrons. The molecule has 0 bridgehead atoms. The van der Waals surface area contributed by atoms with Gasteiger partial charge < -0.3 is 15.1 Å². The van der Waals surface area contributed by atoms with Gasteiger partial charge in [-0.1, -0.05) is 11.6 Å². The van der Waals surface area contributed by atoms with Gasteiger partial charge in [0.1, 0.15) is 5.82 Å². The van der Waals surface area contributed by atoms with E-state index in [-0.39, 0.29) is 5.02 Å². The molecule has 0 spiro atoms. The number of hydrogen-bond acceptors (Lipinski definition) is 2. The van der Waals surface area contributed by atoms with Crippen molar-refractivity contribution in [1.82, 2.24) is 9.80 Å². The summed E-state index contributed by atoms with van der Waals surface area (Å²) in [6.07, 6.45) is 1.09. The number of anilines is 1. The van der Waals surface area contributed by atoms with E-state index in [9.17, 15) is 4.39 Å². The fourth-order valence-corrected chi connectivity index (χ4v) is 2.51. The molecule has 1 aromatic carbocycles. The first-order chi connectivity index (χ1) is 9.06. The summed E-state index contributed by atoms with van der Waals surface area (Å²) in [6, 6.07) is 4.52. The third kappa shape index (κ3) is 4.03. The Morgan fingerprint density at radius 2 is 2.11 bits per heavy atom. The molecule has 1 aromatic rings. The topological polar surface area (TPSA) is 18.5 Å². The van der Waals surface area contributed by atoms with Gasteiger partial charge in [-0.05, 0) is 50.4 Å². The summed E-state index contributed by atoms with van der Waals surface area (Å²) in [4.78, 5) is 4.42. The van der Waals surface area contributed by atoms with E-state index >= 15 is 0 Å². The van der Waals surface area contributed by atoms with Crippen LogP contribution in [0.1, 0.15) is 6.42 Å². The van der Waals surface area contributed by atoms with Gasteiger partial charge in [0.05, 0.1) is 5.02 Å². The van der Waals surface area contributed by atoms with Gasteiger partial charge in [0.15, 0.2) is 5.11 Å². The highest BCUT2D eigenvalue weighted by atomic mass is 35.5. The molecule has 0 saturated carbocycles. The average Bonchev–Trinajstić information content (AvgIpc) is 2.59. The summed E-state index contributed by atoms with van der Waals surface area (Å²) in [5.74, 6) is -0.422. The van der Waals surface area contributed by atoms with Crippen LogP contribution in [-0.4, -0.2) is 48.1 Å². The fourth-order valence-electron chi connectivity index (χ4n) is 2.03. The van der Waals surface area contributed by atoms with Crippen molar-refractivity contribution in [1.29, 1.82) is 0 Å². The molecule has 0 aromatic heterocycles. The van der Waals surface area contributed by atoms with Crippen LogP contribution >= 0.6 is 23.8 Å². The number of likely N-dealkylation sites (N-methyl/N-ethyl adjacent to an activating group) is 1. The molecule has 104 valence electrons. The fraction of sp³-hybridized carbons (Fsp3) is 0.462. The Morgan fingerprint density at radius 1 is 1.32 bits per heavy atom.